The van der Waals surface area contributed by atoms with Crippen molar-refractivity contribution in [3.05, 3.63) is 30.3 Å². The number of benzene rings is 1. The van der Waals surface area contributed by atoms with Gasteiger partial charge in [0, 0.05) is 20.2 Å². The molecule has 0 atom stereocenters. The Morgan fingerprint density at radius 3 is 2.40 bits per heavy atom. The first kappa shape index (κ1) is 12.0. The Bertz CT molecular complexity index is 251. The van der Waals surface area contributed by atoms with Crippen molar-refractivity contribution >= 4 is 0 Å². The first-order chi connectivity index (χ1) is 7.33. The number of methoxy groups -OCH3 is 1. The molecule has 0 saturated carbocycles. The highest BCUT2D eigenvalue weighted by molar-refractivity contribution is 5.20. The molecule has 0 saturated heterocycles. The maximum Gasteiger partial charge on any atom is 0.119 e. The lowest BCUT2D eigenvalue weighted by atomic mass is 10.3. The number of rotatable bonds is 7. The fraction of sp³-hybridized carbons (Fsp3) is 0.500. The van der Waals surface area contributed by atoms with Gasteiger partial charge in [-0.15, -0.1) is 0 Å². The van der Waals surface area contributed by atoms with E-state index in [0.29, 0.717) is 6.61 Å². The molecule has 0 N–H and O–H groups in total. The third kappa shape index (κ3) is 5.40. The fourth-order valence-electron chi connectivity index (χ4n) is 1.19. The van der Waals surface area contributed by atoms with Crippen LogP contribution >= 0.6 is 0 Å². The summed E-state index contributed by atoms with van der Waals surface area (Å²) in [6.45, 7) is 3.33. The first-order valence-electron chi connectivity index (χ1n) is 5.18. The third-order valence-electron chi connectivity index (χ3n) is 2.16. The van der Waals surface area contributed by atoms with Crippen LogP contribution in [-0.4, -0.2) is 45.4 Å². The van der Waals surface area contributed by atoms with Crippen molar-refractivity contribution in [2.75, 3.05) is 40.5 Å². The van der Waals surface area contributed by atoms with Gasteiger partial charge in [-0.1, -0.05) is 18.2 Å². The predicted octanol–water partition coefficient (Wildman–Crippen LogP) is 1.64. The van der Waals surface area contributed by atoms with Crippen LogP contribution in [-0.2, 0) is 4.74 Å². The number of para-hydroxylation sites is 1. The molecule has 0 unspecified atom stereocenters. The van der Waals surface area contributed by atoms with Gasteiger partial charge in [0.2, 0.25) is 0 Å². The molecular weight excluding hydrogens is 190 g/mol. The number of ether oxygens (including phenoxy) is 2. The average molecular weight is 209 g/mol. The minimum atomic E-state index is 0.713. The van der Waals surface area contributed by atoms with Gasteiger partial charge in [0.15, 0.2) is 0 Å². The Balaban J connectivity index is 2.11. The number of hydrogen-bond acceptors (Lipinski definition) is 3. The second kappa shape index (κ2) is 7.26. The molecule has 0 bridgehead atoms. The summed E-state index contributed by atoms with van der Waals surface area (Å²) < 4.78 is 10.6. The molecular formula is C12H19NO2. The Morgan fingerprint density at radius 1 is 1.07 bits per heavy atom. The van der Waals surface area contributed by atoms with Gasteiger partial charge in [0.05, 0.1) is 6.61 Å². The summed E-state index contributed by atoms with van der Waals surface area (Å²) in [5.74, 6) is 0.928. The summed E-state index contributed by atoms with van der Waals surface area (Å²) >= 11 is 0. The van der Waals surface area contributed by atoms with Gasteiger partial charge in [-0.2, -0.15) is 0 Å². The summed E-state index contributed by atoms with van der Waals surface area (Å²) in [6, 6.07) is 9.87. The van der Waals surface area contributed by atoms with E-state index in [-0.39, 0.29) is 0 Å². The molecule has 0 aliphatic carbocycles. The summed E-state index contributed by atoms with van der Waals surface area (Å²) in [5, 5.41) is 0. The number of likely N-dealkylation sites (N-methyl/N-ethyl adjacent to an activating group) is 1. The highest BCUT2D eigenvalue weighted by Gasteiger charge is 1.97. The van der Waals surface area contributed by atoms with Crippen molar-refractivity contribution in [1.82, 2.24) is 4.90 Å². The summed E-state index contributed by atoms with van der Waals surface area (Å²) in [5.41, 5.74) is 0. The van der Waals surface area contributed by atoms with Gasteiger partial charge in [-0.25, -0.2) is 0 Å². The zero-order chi connectivity index (χ0) is 10.9. The Morgan fingerprint density at radius 2 is 1.73 bits per heavy atom. The van der Waals surface area contributed by atoms with Gasteiger partial charge in [-0.3, -0.25) is 0 Å². The molecule has 3 heteroatoms. The molecule has 0 aliphatic heterocycles. The van der Waals surface area contributed by atoms with E-state index >= 15 is 0 Å². The van der Waals surface area contributed by atoms with Crippen LogP contribution in [0.5, 0.6) is 5.75 Å². The zero-order valence-corrected chi connectivity index (χ0v) is 9.48. The smallest absolute Gasteiger partial charge is 0.119 e. The zero-order valence-electron chi connectivity index (χ0n) is 9.48. The summed E-state index contributed by atoms with van der Waals surface area (Å²) in [6.07, 6.45) is 0. The monoisotopic (exact) mass is 209 g/mol. The van der Waals surface area contributed by atoms with Gasteiger partial charge >= 0.3 is 0 Å². The normalized spacial score (nSPS) is 10.6. The van der Waals surface area contributed by atoms with E-state index < -0.39 is 0 Å². The van der Waals surface area contributed by atoms with Gasteiger partial charge in [0.1, 0.15) is 12.4 Å². The molecule has 1 aromatic rings. The molecule has 3 nitrogen and oxygen atoms in total. The quantitative estimate of drug-likeness (QED) is 0.681. The maximum atomic E-state index is 5.57. The van der Waals surface area contributed by atoms with E-state index in [4.69, 9.17) is 9.47 Å². The average Bonchev–Trinajstić information content (AvgIpc) is 2.28. The predicted molar refractivity (Wildman–Crippen MR) is 61.3 cm³/mol. The standard InChI is InChI=1S/C12H19NO2/c1-13(8-10-14-2)9-11-15-12-6-4-3-5-7-12/h3-7H,8-11H2,1-2H3. The van der Waals surface area contributed by atoms with Crippen molar-refractivity contribution in [2.45, 2.75) is 0 Å². The lowest BCUT2D eigenvalue weighted by Gasteiger charge is -2.16. The highest BCUT2D eigenvalue weighted by atomic mass is 16.5. The Hall–Kier alpha value is -1.06. The minimum absolute atomic E-state index is 0.713. The van der Waals surface area contributed by atoms with Crippen LogP contribution in [0.25, 0.3) is 0 Å². The Labute approximate surface area is 91.6 Å². The maximum absolute atomic E-state index is 5.57. The van der Waals surface area contributed by atoms with E-state index in [1.807, 2.05) is 30.3 Å². The van der Waals surface area contributed by atoms with Gasteiger partial charge in [-0.05, 0) is 19.2 Å². The van der Waals surface area contributed by atoms with Crippen molar-refractivity contribution < 1.29 is 9.47 Å². The molecule has 15 heavy (non-hydrogen) atoms. The SMILES string of the molecule is COCCN(C)CCOc1ccccc1. The second-order valence-electron chi connectivity index (χ2n) is 3.46. The van der Waals surface area contributed by atoms with Crippen molar-refractivity contribution in [3.8, 4) is 5.75 Å². The van der Waals surface area contributed by atoms with Gasteiger partial charge in [0.25, 0.3) is 0 Å². The summed E-state index contributed by atoms with van der Waals surface area (Å²) in [7, 11) is 3.78. The van der Waals surface area contributed by atoms with E-state index in [1.165, 1.54) is 0 Å². The van der Waals surface area contributed by atoms with E-state index in [0.717, 1.165) is 25.4 Å². The Kier molecular flexibility index (Phi) is 5.81. The molecule has 84 valence electrons. The van der Waals surface area contributed by atoms with Crippen LogP contribution < -0.4 is 4.74 Å². The molecule has 0 spiro atoms. The number of hydrogen-bond donors (Lipinski definition) is 0. The number of nitrogens with zero attached hydrogens (tertiary/aromatic N) is 1. The van der Waals surface area contributed by atoms with Crippen LogP contribution in [0.2, 0.25) is 0 Å². The fourth-order valence-corrected chi connectivity index (χ4v) is 1.19. The van der Waals surface area contributed by atoms with Crippen LogP contribution in [0, 0.1) is 0 Å². The topological polar surface area (TPSA) is 21.7 Å². The highest BCUT2D eigenvalue weighted by Crippen LogP contribution is 2.07. The lowest BCUT2D eigenvalue weighted by molar-refractivity contribution is 0.150. The molecule has 0 heterocycles. The van der Waals surface area contributed by atoms with Crippen LogP contribution in [0.3, 0.4) is 0 Å². The minimum Gasteiger partial charge on any atom is -0.492 e. The van der Waals surface area contributed by atoms with Crippen molar-refractivity contribution in [3.63, 3.8) is 0 Å². The summed E-state index contributed by atoms with van der Waals surface area (Å²) in [4.78, 5) is 2.19. The largest absolute Gasteiger partial charge is 0.492 e. The van der Waals surface area contributed by atoms with Crippen LogP contribution in [0.4, 0.5) is 0 Å². The third-order valence-corrected chi connectivity index (χ3v) is 2.16. The molecule has 0 aromatic heterocycles. The van der Waals surface area contributed by atoms with Crippen molar-refractivity contribution in [1.29, 1.82) is 0 Å². The second-order valence-corrected chi connectivity index (χ2v) is 3.46. The molecule has 1 aromatic carbocycles. The van der Waals surface area contributed by atoms with Gasteiger partial charge < -0.3 is 14.4 Å². The van der Waals surface area contributed by atoms with E-state index in [9.17, 15) is 0 Å². The lowest BCUT2D eigenvalue weighted by Crippen LogP contribution is -2.27. The van der Waals surface area contributed by atoms with Crippen molar-refractivity contribution in [2.24, 2.45) is 0 Å². The molecule has 1 rings (SSSR count). The molecule has 0 fully saturated rings. The molecule has 0 aliphatic rings. The van der Waals surface area contributed by atoms with Crippen LogP contribution in [0.15, 0.2) is 30.3 Å². The van der Waals surface area contributed by atoms with E-state index in [2.05, 4.69) is 11.9 Å². The van der Waals surface area contributed by atoms with E-state index in [1.54, 1.807) is 7.11 Å². The van der Waals surface area contributed by atoms with Crippen LogP contribution in [0.1, 0.15) is 0 Å². The molecule has 0 amide bonds. The first-order valence-corrected chi connectivity index (χ1v) is 5.18. The molecule has 0 radical (unpaired) electrons.